The number of hydrogen-bond donors (Lipinski definition) is 1. The Morgan fingerprint density at radius 2 is 1.90 bits per heavy atom. The molecule has 0 aliphatic carbocycles. The lowest BCUT2D eigenvalue weighted by molar-refractivity contribution is -0.129. The second-order valence-corrected chi connectivity index (χ2v) is 6.85. The van der Waals surface area contributed by atoms with E-state index in [1.807, 2.05) is 20.8 Å². The smallest absolute Gasteiger partial charge is 0.410 e. The normalized spacial score (nSPS) is 23.2. The quantitative estimate of drug-likeness (QED) is 0.804. The van der Waals surface area contributed by atoms with Crippen LogP contribution in [0.1, 0.15) is 27.2 Å². The van der Waals surface area contributed by atoms with E-state index in [0.717, 1.165) is 0 Å². The van der Waals surface area contributed by atoms with Gasteiger partial charge in [-0.05, 0) is 20.8 Å². The monoisotopic (exact) mass is 297 g/mol. The third kappa shape index (κ3) is 3.86. The summed E-state index contributed by atoms with van der Waals surface area (Å²) in [5.41, 5.74) is 4.73. The number of likely N-dealkylation sites (tertiary alicyclic amines) is 2. The summed E-state index contributed by atoms with van der Waals surface area (Å²) >= 11 is 0. The average molecular weight is 297 g/mol. The van der Waals surface area contributed by atoms with Crippen LogP contribution in [0.3, 0.4) is 0 Å². The van der Waals surface area contributed by atoms with Crippen molar-refractivity contribution in [1.29, 1.82) is 0 Å². The van der Waals surface area contributed by atoms with Crippen LogP contribution in [0.4, 0.5) is 4.79 Å². The van der Waals surface area contributed by atoms with Gasteiger partial charge in [0, 0.05) is 38.5 Å². The van der Waals surface area contributed by atoms with Gasteiger partial charge in [-0.25, -0.2) is 4.79 Å². The fourth-order valence-corrected chi connectivity index (χ4v) is 2.61. The number of rotatable bonds is 3. The van der Waals surface area contributed by atoms with Crippen molar-refractivity contribution < 1.29 is 19.1 Å². The fraction of sp³-hybridized carbons (Fsp3) is 0.786. The molecule has 2 rings (SSSR count). The largest absolute Gasteiger partial charge is 0.444 e. The Morgan fingerprint density at radius 1 is 1.29 bits per heavy atom. The molecule has 0 aromatic rings. The molecule has 2 fully saturated rings. The highest BCUT2D eigenvalue weighted by Crippen LogP contribution is 2.24. The maximum atomic E-state index is 11.8. The SMILES string of the molecule is CC(C)(C)OC(=O)N1CC(CN2CC(C(N)=O)CC2=O)C1. The number of ether oxygens (including phenoxy) is 1. The van der Waals surface area contributed by atoms with Crippen LogP contribution in [0.15, 0.2) is 0 Å². The molecule has 3 amide bonds. The number of carbonyl (C=O) groups excluding carboxylic acids is 3. The summed E-state index contributed by atoms with van der Waals surface area (Å²) in [5.74, 6) is -0.586. The maximum Gasteiger partial charge on any atom is 0.410 e. The first-order chi connectivity index (χ1) is 9.65. The van der Waals surface area contributed by atoms with Gasteiger partial charge in [0.1, 0.15) is 5.60 Å². The molecule has 1 unspecified atom stereocenters. The van der Waals surface area contributed by atoms with Gasteiger partial charge in [0.05, 0.1) is 5.92 Å². The second kappa shape index (κ2) is 5.54. The first-order valence-corrected chi connectivity index (χ1v) is 7.20. The Bertz CT molecular complexity index is 452. The summed E-state index contributed by atoms with van der Waals surface area (Å²) in [4.78, 5) is 38.0. The van der Waals surface area contributed by atoms with Crippen molar-refractivity contribution in [1.82, 2.24) is 9.80 Å². The third-order valence-corrected chi connectivity index (χ3v) is 3.70. The first-order valence-electron chi connectivity index (χ1n) is 7.20. The highest BCUT2D eigenvalue weighted by molar-refractivity contribution is 5.88. The molecule has 0 aromatic heterocycles. The van der Waals surface area contributed by atoms with Crippen LogP contribution in [0.5, 0.6) is 0 Å². The van der Waals surface area contributed by atoms with Gasteiger partial charge in [-0.15, -0.1) is 0 Å². The summed E-state index contributed by atoms with van der Waals surface area (Å²) in [5, 5.41) is 0. The molecule has 0 bridgehead atoms. The summed E-state index contributed by atoms with van der Waals surface area (Å²) < 4.78 is 5.27. The van der Waals surface area contributed by atoms with Gasteiger partial charge in [0.25, 0.3) is 0 Å². The Kier molecular flexibility index (Phi) is 4.11. The van der Waals surface area contributed by atoms with Crippen molar-refractivity contribution in [3.05, 3.63) is 0 Å². The van der Waals surface area contributed by atoms with Gasteiger partial charge < -0.3 is 20.3 Å². The minimum absolute atomic E-state index is 0.0329. The zero-order valence-corrected chi connectivity index (χ0v) is 12.8. The lowest BCUT2D eigenvalue weighted by atomic mass is 10.0. The highest BCUT2D eigenvalue weighted by Gasteiger charge is 2.39. The van der Waals surface area contributed by atoms with Crippen LogP contribution < -0.4 is 5.73 Å². The van der Waals surface area contributed by atoms with Crippen LogP contribution in [-0.2, 0) is 14.3 Å². The van der Waals surface area contributed by atoms with E-state index in [4.69, 9.17) is 10.5 Å². The van der Waals surface area contributed by atoms with Gasteiger partial charge in [0.15, 0.2) is 0 Å². The van der Waals surface area contributed by atoms with Crippen LogP contribution in [0.25, 0.3) is 0 Å². The van der Waals surface area contributed by atoms with Crippen LogP contribution in [0, 0.1) is 11.8 Å². The van der Waals surface area contributed by atoms with Gasteiger partial charge in [-0.1, -0.05) is 0 Å². The number of hydrogen-bond acceptors (Lipinski definition) is 4. The van der Waals surface area contributed by atoms with Crippen LogP contribution in [0.2, 0.25) is 0 Å². The first kappa shape index (κ1) is 15.6. The average Bonchev–Trinajstić information content (AvgIpc) is 2.62. The van der Waals surface area contributed by atoms with E-state index in [1.165, 1.54) is 0 Å². The standard InChI is InChI=1S/C14H23N3O4/c1-14(2,3)21-13(20)17-6-9(7-17)5-16-8-10(12(15)19)4-11(16)18/h9-10H,4-8H2,1-3H3,(H2,15,19). The van der Waals surface area contributed by atoms with E-state index < -0.39 is 11.5 Å². The van der Waals surface area contributed by atoms with E-state index in [9.17, 15) is 14.4 Å². The van der Waals surface area contributed by atoms with Crippen molar-refractivity contribution in [3.63, 3.8) is 0 Å². The zero-order chi connectivity index (χ0) is 15.8. The molecule has 2 aliphatic heterocycles. The molecule has 0 radical (unpaired) electrons. The van der Waals surface area contributed by atoms with Gasteiger partial charge >= 0.3 is 6.09 Å². The predicted molar refractivity (Wildman–Crippen MR) is 75.2 cm³/mol. The Balaban J connectivity index is 1.75. The number of amides is 3. The fourth-order valence-electron chi connectivity index (χ4n) is 2.61. The molecule has 1 atom stereocenters. The van der Waals surface area contributed by atoms with E-state index in [2.05, 4.69) is 0 Å². The van der Waals surface area contributed by atoms with E-state index in [-0.39, 0.29) is 30.3 Å². The number of nitrogens with two attached hydrogens (primary N) is 1. The van der Waals surface area contributed by atoms with Gasteiger partial charge in [0.2, 0.25) is 11.8 Å². The Morgan fingerprint density at radius 3 is 2.38 bits per heavy atom. The predicted octanol–water partition coefficient (Wildman–Crippen LogP) is 0.187. The molecule has 2 heterocycles. The van der Waals surface area contributed by atoms with E-state index >= 15 is 0 Å². The molecule has 21 heavy (non-hydrogen) atoms. The van der Waals surface area contributed by atoms with Crippen molar-refractivity contribution in [2.24, 2.45) is 17.6 Å². The third-order valence-electron chi connectivity index (χ3n) is 3.70. The van der Waals surface area contributed by atoms with Crippen molar-refractivity contribution in [2.45, 2.75) is 32.8 Å². The lowest BCUT2D eigenvalue weighted by Gasteiger charge is -2.41. The Labute approximate surface area is 124 Å². The number of nitrogens with zero attached hydrogens (tertiary/aromatic N) is 2. The molecule has 2 aliphatic rings. The molecule has 118 valence electrons. The summed E-state index contributed by atoms with van der Waals surface area (Å²) in [6.07, 6.45) is -0.112. The van der Waals surface area contributed by atoms with Crippen molar-refractivity contribution in [2.75, 3.05) is 26.2 Å². The summed E-state index contributed by atoms with van der Waals surface area (Å²) in [7, 11) is 0. The molecular formula is C14H23N3O4. The highest BCUT2D eigenvalue weighted by atomic mass is 16.6. The molecule has 7 heteroatoms. The van der Waals surface area contributed by atoms with Crippen molar-refractivity contribution in [3.8, 4) is 0 Å². The topological polar surface area (TPSA) is 92.9 Å². The zero-order valence-electron chi connectivity index (χ0n) is 12.8. The summed E-state index contributed by atoms with van der Waals surface area (Å²) in [6.45, 7) is 7.62. The molecule has 0 saturated carbocycles. The van der Waals surface area contributed by atoms with Crippen LogP contribution in [-0.4, -0.2) is 59.5 Å². The maximum absolute atomic E-state index is 11.8. The number of carbonyl (C=O) groups is 3. The van der Waals surface area contributed by atoms with Crippen molar-refractivity contribution >= 4 is 17.9 Å². The minimum atomic E-state index is -0.498. The lowest BCUT2D eigenvalue weighted by Crippen LogP contribution is -2.55. The molecule has 0 spiro atoms. The van der Waals surface area contributed by atoms with E-state index in [0.29, 0.717) is 26.2 Å². The molecular weight excluding hydrogens is 274 g/mol. The summed E-state index contributed by atoms with van der Waals surface area (Å²) in [6, 6.07) is 0. The van der Waals surface area contributed by atoms with Crippen LogP contribution >= 0.6 is 0 Å². The molecule has 2 saturated heterocycles. The second-order valence-electron chi connectivity index (χ2n) is 6.85. The Hall–Kier alpha value is -1.79. The van der Waals surface area contributed by atoms with E-state index in [1.54, 1.807) is 9.80 Å². The molecule has 0 aromatic carbocycles. The molecule has 7 nitrogen and oxygen atoms in total. The minimum Gasteiger partial charge on any atom is -0.444 e. The molecule has 2 N–H and O–H groups in total. The van der Waals surface area contributed by atoms with Gasteiger partial charge in [-0.3, -0.25) is 9.59 Å². The number of primary amides is 1. The van der Waals surface area contributed by atoms with Gasteiger partial charge in [-0.2, -0.15) is 0 Å².